The molecule has 1 amide bonds. The minimum Gasteiger partial charge on any atom is -0.497 e. The van der Waals surface area contributed by atoms with Crippen molar-refractivity contribution in [2.45, 2.75) is 13.5 Å². The van der Waals surface area contributed by atoms with Gasteiger partial charge in [0.2, 0.25) is 0 Å². The first-order chi connectivity index (χ1) is 14.6. The minimum absolute atomic E-state index is 0.482. The van der Waals surface area contributed by atoms with Crippen molar-refractivity contribution in [3.05, 3.63) is 72.8 Å². The number of nitrogen functional groups attached to an aromatic ring is 1. The molecule has 6 nitrogen and oxygen atoms in total. The molecule has 1 heterocycles. The van der Waals surface area contributed by atoms with Gasteiger partial charge in [-0.2, -0.15) is 0 Å². The number of rotatable bonds is 5. The molecule has 3 aromatic carbocycles. The quantitative estimate of drug-likeness (QED) is 0.461. The number of hydrogen-bond donors (Lipinski definition) is 2. The molecule has 1 aromatic heterocycles. The van der Waals surface area contributed by atoms with Crippen molar-refractivity contribution in [3.8, 4) is 22.8 Å². The molecule has 0 saturated carbocycles. The van der Waals surface area contributed by atoms with Crippen LogP contribution in [0.3, 0.4) is 0 Å². The second kappa shape index (κ2) is 8.21. The van der Waals surface area contributed by atoms with Crippen molar-refractivity contribution in [2.24, 2.45) is 0 Å². The highest BCUT2D eigenvalue weighted by atomic mass is 16.6. The van der Waals surface area contributed by atoms with E-state index in [0.717, 1.165) is 34.5 Å². The summed E-state index contributed by atoms with van der Waals surface area (Å²) in [5.74, 6) is 1.26. The summed E-state index contributed by atoms with van der Waals surface area (Å²) in [4.78, 5) is 12.3. The summed E-state index contributed by atoms with van der Waals surface area (Å²) in [7, 11) is 1.65. The van der Waals surface area contributed by atoms with E-state index in [1.807, 2.05) is 60.7 Å². The minimum atomic E-state index is -0.549. The Morgan fingerprint density at radius 2 is 1.80 bits per heavy atom. The number of fused-ring (bicyclic) bond motifs is 1. The lowest BCUT2D eigenvalue weighted by atomic mass is 10.1. The lowest BCUT2D eigenvalue weighted by molar-refractivity contribution is 0.215. The van der Waals surface area contributed by atoms with Gasteiger partial charge in [-0.05, 0) is 43.3 Å². The highest BCUT2D eigenvalue weighted by molar-refractivity contribution is 6.02. The SMILES string of the molecule is CCn1c(-c2cccc(NC(=O)Oc3ccccc3)c2)c(N)c2ccc(OC)cc21. The Morgan fingerprint density at radius 3 is 2.53 bits per heavy atom. The molecule has 0 aliphatic heterocycles. The fraction of sp³-hybridized carbons (Fsp3) is 0.125. The number of aryl methyl sites for hydroxylation is 1. The summed E-state index contributed by atoms with van der Waals surface area (Å²) in [5.41, 5.74) is 10.6. The fourth-order valence-corrected chi connectivity index (χ4v) is 3.61. The van der Waals surface area contributed by atoms with E-state index in [0.29, 0.717) is 17.1 Å². The van der Waals surface area contributed by atoms with Crippen molar-refractivity contribution in [2.75, 3.05) is 18.2 Å². The highest BCUT2D eigenvalue weighted by Crippen LogP contribution is 2.38. The molecule has 152 valence electrons. The number of carbonyl (C=O) groups is 1. The third-order valence-corrected chi connectivity index (χ3v) is 4.96. The number of nitrogens with one attached hydrogen (secondary N) is 1. The molecule has 30 heavy (non-hydrogen) atoms. The summed E-state index contributed by atoms with van der Waals surface area (Å²) in [5, 5.41) is 3.75. The van der Waals surface area contributed by atoms with Gasteiger partial charge >= 0.3 is 6.09 Å². The maximum absolute atomic E-state index is 12.3. The van der Waals surface area contributed by atoms with Crippen LogP contribution < -0.4 is 20.5 Å². The van der Waals surface area contributed by atoms with Crippen LogP contribution in [0.2, 0.25) is 0 Å². The number of nitrogens with two attached hydrogens (primary N) is 1. The normalized spacial score (nSPS) is 10.7. The van der Waals surface area contributed by atoms with Gasteiger partial charge in [0, 0.05) is 29.2 Å². The van der Waals surface area contributed by atoms with E-state index in [-0.39, 0.29) is 0 Å². The topological polar surface area (TPSA) is 78.5 Å². The largest absolute Gasteiger partial charge is 0.497 e. The molecule has 0 spiro atoms. The van der Waals surface area contributed by atoms with Gasteiger partial charge in [0.1, 0.15) is 11.5 Å². The third-order valence-electron chi connectivity index (χ3n) is 4.96. The first kappa shape index (κ1) is 19.4. The molecule has 3 N–H and O–H groups in total. The number of para-hydroxylation sites is 1. The van der Waals surface area contributed by atoms with Gasteiger partial charge < -0.3 is 19.8 Å². The van der Waals surface area contributed by atoms with E-state index in [1.165, 1.54) is 0 Å². The molecule has 0 aliphatic carbocycles. The number of carbonyl (C=O) groups excluding carboxylic acids is 1. The van der Waals surface area contributed by atoms with Crippen molar-refractivity contribution in [3.63, 3.8) is 0 Å². The summed E-state index contributed by atoms with van der Waals surface area (Å²) >= 11 is 0. The number of ether oxygens (including phenoxy) is 2. The summed E-state index contributed by atoms with van der Waals surface area (Å²) < 4.78 is 12.8. The molecule has 0 saturated heterocycles. The summed E-state index contributed by atoms with van der Waals surface area (Å²) in [6, 6.07) is 22.4. The van der Waals surface area contributed by atoms with Crippen molar-refractivity contribution >= 4 is 28.4 Å². The van der Waals surface area contributed by atoms with E-state index < -0.39 is 6.09 Å². The number of anilines is 2. The van der Waals surface area contributed by atoms with Crippen LogP contribution in [0.25, 0.3) is 22.2 Å². The van der Waals surface area contributed by atoms with Crippen LogP contribution in [-0.2, 0) is 6.54 Å². The summed E-state index contributed by atoms with van der Waals surface area (Å²) in [6.45, 7) is 2.81. The first-order valence-electron chi connectivity index (χ1n) is 9.70. The monoisotopic (exact) mass is 401 g/mol. The van der Waals surface area contributed by atoms with Gasteiger partial charge in [0.05, 0.1) is 24.0 Å². The smallest absolute Gasteiger partial charge is 0.417 e. The molecular formula is C24H23N3O3. The zero-order valence-corrected chi connectivity index (χ0v) is 16.9. The molecule has 0 fully saturated rings. The van der Waals surface area contributed by atoms with Crippen molar-refractivity contribution < 1.29 is 14.3 Å². The van der Waals surface area contributed by atoms with Crippen LogP contribution in [0.1, 0.15) is 6.92 Å². The zero-order valence-electron chi connectivity index (χ0n) is 16.9. The molecule has 0 bridgehead atoms. The Balaban J connectivity index is 1.67. The maximum atomic E-state index is 12.3. The highest BCUT2D eigenvalue weighted by Gasteiger charge is 2.17. The number of benzene rings is 3. The van der Waals surface area contributed by atoms with Gasteiger partial charge in [-0.25, -0.2) is 4.79 Å². The van der Waals surface area contributed by atoms with Crippen molar-refractivity contribution in [1.82, 2.24) is 4.57 Å². The van der Waals surface area contributed by atoms with E-state index in [1.54, 1.807) is 19.2 Å². The van der Waals surface area contributed by atoms with Gasteiger partial charge in [0.15, 0.2) is 0 Å². The number of aromatic nitrogens is 1. The standard InChI is InChI=1S/C24H23N3O3/c1-3-27-21-15-19(29-2)12-13-20(21)22(25)23(27)16-8-7-9-17(14-16)26-24(28)30-18-10-5-4-6-11-18/h4-15H,3,25H2,1-2H3,(H,26,28). The average molecular weight is 401 g/mol. The molecule has 0 aliphatic rings. The first-order valence-corrected chi connectivity index (χ1v) is 9.70. The van der Waals surface area contributed by atoms with Gasteiger partial charge in [-0.1, -0.05) is 30.3 Å². The van der Waals surface area contributed by atoms with Crippen LogP contribution >= 0.6 is 0 Å². The zero-order chi connectivity index (χ0) is 21.1. The van der Waals surface area contributed by atoms with Crippen molar-refractivity contribution in [1.29, 1.82) is 0 Å². The molecule has 6 heteroatoms. The predicted molar refractivity (Wildman–Crippen MR) is 120 cm³/mol. The van der Waals surface area contributed by atoms with Gasteiger partial charge in [-0.15, -0.1) is 0 Å². The lowest BCUT2D eigenvalue weighted by Gasteiger charge is -2.12. The van der Waals surface area contributed by atoms with E-state index in [9.17, 15) is 4.79 Å². The average Bonchev–Trinajstić information content (AvgIpc) is 3.05. The lowest BCUT2D eigenvalue weighted by Crippen LogP contribution is -2.16. The Labute approximate surface area is 174 Å². The number of amides is 1. The second-order valence-electron chi connectivity index (χ2n) is 6.80. The van der Waals surface area contributed by atoms with E-state index in [2.05, 4.69) is 16.8 Å². The van der Waals surface area contributed by atoms with Crippen LogP contribution in [0, 0.1) is 0 Å². The van der Waals surface area contributed by atoms with Crippen LogP contribution in [0.15, 0.2) is 72.8 Å². The molecule has 0 atom stereocenters. The number of methoxy groups -OCH3 is 1. The molecule has 4 aromatic rings. The second-order valence-corrected chi connectivity index (χ2v) is 6.80. The Hall–Kier alpha value is -3.93. The Morgan fingerprint density at radius 1 is 1.00 bits per heavy atom. The maximum Gasteiger partial charge on any atom is 0.417 e. The molecular weight excluding hydrogens is 378 g/mol. The Kier molecular flexibility index (Phi) is 5.30. The molecule has 0 unspecified atom stereocenters. The number of hydrogen-bond acceptors (Lipinski definition) is 4. The van der Waals surface area contributed by atoms with E-state index in [4.69, 9.17) is 15.2 Å². The predicted octanol–water partition coefficient (Wildman–Crippen LogP) is 5.53. The van der Waals surface area contributed by atoms with Gasteiger partial charge in [0.25, 0.3) is 0 Å². The third kappa shape index (κ3) is 3.67. The Bertz CT molecular complexity index is 1200. The van der Waals surface area contributed by atoms with Crippen LogP contribution in [-0.4, -0.2) is 17.8 Å². The summed E-state index contributed by atoms with van der Waals surface area (Å²) in [6.07, 6.45) is -0.549. The van der Waals surface area contributed by atoms with Gasteiger partial charge in [-0.3, -0.25) is 5.32 Å². The molecule has 4 rings (SSSR count). The van der Waals surface area contributed by atoms with E-state index >= 15 is 0 Å². The molecule has 0 radical (unpaired) electrons. The number of nitrogens with zero attached hydrogens (tertiary/aromatic N) is 1. The fourth-order valence-electron chi connectivity index (χ4n) is 3.61. The van der Waals surface area contributed by atoms with Crippen LogP contribution in [0.5, 0.6) is 11.5 Å². The van der Waals surface area contributed by atoms with Crippen LogP contribution in [0.4, 0.5) is 16.2 Å².